The van der Waals surface area contributed by atoms with Crippen molar-refractivity contribution in [2.24, 2.45) is 0 Å². The van der Waals surface area contributed by atoms with E-state index in [-0.39, 0.29) is 4.90 Å². The first kappa shape index (κ1) is 15.9. The maximum absolute atomic E-state index is 12.6. The Bertz CT molecular complexity index is 835. The van der Waals surface area contributed by atoms with E-state index in [0.29, 0.717) is 22.6 Å². The van der Waals surface area contributed by atoms with Crippen molar-refractivity contribution in [3.63, 3.8) is 0 Å². The number of ether oxygens (including phenoxy) is 1. The molecular weight excluding hydrogens is 300 g/mol. The van der Waals surface area contributed by atoms with Crippen LogP contribution in [0.15, 0.2) is 41.3 Å². The van der Waals surface area contributed by atoms with Gasteiger partial charge in [0.05, 0.1) is 18.7 Å². The number of aryl methyl sites for hydroxylation is 2. The third-order valence-electron chi connectivity index (χ3n) is 3.14. The van der Waals surface area contributed by atoms with Crippen LogP contribution < -0.4 is 9.46 Å². The van der Waals surface area contributed by atoms with E-state index >= 15 is 0 Å². The average Bonchev–Trinajstić information content (AvgIpc) is 2.46. The lowest BCUT2D eigenvalue weighted by Gasteiger charge is -2.15. The molecule has 0 unspecified atom stereocenters. The predicted molar refractivity (Wildman–Crippen MR) is 84.4 cm³/mol. The van der Waals surface area contributed by atoms with E-state index in [1.54, 1.807) is 43.3 Å². The number of nitrogens with zero attached hydrogens (tertiary/aromatic N) is 1. The van der Waals surface area contributed by atoms with Gasteiger partial charge in [-0.15, -0.1) is 0 Å². The fraction of sp³-hybridized carbons (Fsp3) is 0.188. The molecule has 2 aromatic carbocycles. The summed E-state index contributed by atoms with van der Waals surface area (Å²) in [6.45, 7) is 3.60. The van der Waals surface area contributed by atoms with Crippen LogP contribution in [0.25, 0.3) is 0 Å². The molecule has 1 N–H and O–H groups in total. The number of methoxy groups -OCH3 is 1. The maximum atomic E-state index is 12.6. The number of anilines is 1. The van der Waals surface area contributed by atoms with Crippen molar-refractivity contribution in [1.82, 2.24) is 0 Å². The Kier molecular flexibility index (Phi) is 4.38. The summed E-state index contributed by atoms with van der Waals surface area (Å²) in [5.41, 5.74) is 2.39. The highest BCUT2D eigenvalue weighted by Crippen LogP contribution is 2.30. The van der Waals surface area contributed by atoms with Gasteiger partial charge in [-0.25, -0.2) is 8.42 Å². The second-order valence-corrected chi connectivity index (χ2v) is 6.53. The molecule has 0 aliphatic heterocycles. The van der Waals surface area contributed by atoms with E-state index in [0.717, 1.165) is 5.56 Å². The third kappa shape index (κ3) is 3.21. The van der Waals surface area contributed by atoms with Crippen molar-refractivity contribution >= 4 is 15.7 Å². The average molecular weight is 316 g/mol. The van der Waals surface area contributed by atoms with E-state index in [1.165, 1.54) is 7.11 Å². The zero-order chi connectivity index (χ0) is 16.3. The summed E-state index contributed by atoms with van der Waals surface area (Å²) in [6.07, 6.45) is 0. The second-order valence-electron chi connectivity index (χ2n) is 4.91. The highest BCUT2D eigenvalue weighted by molar-refractivity contribution is 7.92. The van der Waals surface area contributed by atoms with Gasteiger partial charge in [-0.1, -0.05) is 6.07 Å². The molecule has 0 heterocycles. The highest BCUT2D eigenvalue weighted by Gasteiger charge is 2.22. The van der Waals surface area contributed by atoms with Gasteiger partial charge in [-0.2, -0.15) is 5.26 Å². The quantitative estimate of drug-likeness (QED) is 0.940. The molecule has 0 atom stereocenters. The summed E-state index contributed by atoms with van der Waals surface area (Å²) < 4.78 is 32.9. The minimum Gasteiger partial charge on any atom is -0.495 e. The summed E-state index contributed by atoms with van der Waals surface area (Å²) in [6, 6.07) is 11.7. The van der Waals surface area contributed by atoms with Crippen LogP contribution in [-0.2, 0) is 10.0 Å². The normalized spacial score (nSPS) is 10.8. The van der Waals surface area contributed by atoms with Gasteiger partial charge < -0.3 is 4.74 Å². The van der Waals surface area contributed by atoms with Crippen LogP contribution in [0.2, 0.25) is 0 Å². The molecule has 5 nitrogen and oxygen atoms in total. The van der Waals surface area contributed by atoms with Crippen LogP contribution in [0.1, 0.15) is 16.7 Å². The minimum absolute atomic E-state index is 0.116. The predicted octanol–water partition coefficient (Wildman–Crippen LogP) is 2.98. The zero-order valence-corrected chi connectivity index (χ0v) is 13.4. The van der Waals surface area contributed by atoms with Gasteiger partial charge in [0.2, 0.25) is 0 Å². The minimum atomic E-state index is -3.78. The van der Waals surface area contributed by atoms with Gasteiger partial charge in [0, 0.05) is 5.69 Å². The first-order chi connectivity index (χ1) is 10.4. The Morgan fingerprint density at radius 2 is 1.77 bits per heavy atom. The van der Waals surface area contributed by atoms with Crippen LogP contribution in [0.5, 0.6) is 5.75 Å². The molecular formula is C16H16N2O3S. The molecule has 2 rings (SSSR count). The molecule has 6 heteroatoms. The summed E-state index contributed by atoms with van der Waals surface area (Å²) in [5, 5.41) is 8.76. The molecule has 0 bridgehead atoms. The molecule has 0 radical (unpaired) electrons. The Morgan fingerprint density at radius 3 is 2.32 bits per heavy atom. The second kappa shape index (κ2) is 6.08. The van der Waals surface area contributed by atoms with Crippen molar-refractivity contribution in [3.05, 3.63) is 53.1 Å². The van der Waals surface area contributed by atoms with Crippen LogP contribution in [0.3, 0.4) is 0 Å². The van der Waals surface area contributed by atoms with E-state index in [2.05, 4.69) is 4.72 Å². The molecule has 114 valence electrons. The van der Waals surface area contributed by atoms with E-state index < -0.39 is 10.0 Å². The Balaban J connectivity index is 2.44. The summed E-state index contributed by atoms with van der Waals surface area (Å²) in [7, 11) is -2.34. The van der Waals surface area contributed by atoms with Crippen molar-refractivity contribution < 1.29 is 13.2 Å². The molecule has 2 aromatic rings. The van der Waals surface area contributed by atoms with Crippen molar-refractivity contribution in [3.8, 4) is 11.8 Å². The van der Waals surface area contributed by atoms with Gasteiger partial charge >= 0.3 is 0 Å². The SMILES string of the molecule is COc1cc(C)cc(C)c1S(=O)(=O)Nc1ccc(C#N)cc1. The van der Waals surface area contributed by atoms with Gasteiger partial charge in [-0.3, -0.25) is 4.72 Å². The van der Waals surface area contributed by atoms with E-state index in [9.17, 15) is 8.42 Å². The molecule has 0 spiro atoms. The third-order valence-corrected chi connectivity index (χ3v) is 4.70. The van der Waals surface area contributed by atoms with Crippen LogP contribution in [0, 0.1) is 25.2 Å². The maximum Gasteiger partial charge on any atom is 0.265 e. The summed E-state index contributed by atoms with van der Waals surface area (Å²) in [4.78, 5) is 0.116. The van der Waals surface area contributed by atoms with Crippen molar-refractivity contribution in [2.75, 3.05) is 11.8 Å². The summed E-state index contributed by atoms with van der Waals surface area (Å²) >= 11 is 0. The molecule has 0 fully saturated rings. The van der Waals surface area contributed by atoms with Crippen molar-refractivity contribution in [2.45, 2.75) is 18.7 Å². The standard InChI is InChI=1S/C16H16N2O3S/c1-11-8-12(2)16(15(9-11)21-3)22(19,20)18-14-6-4-13(10-17)5-7-14/h4-9,18H,1-3H3. The van der Waals surface area contributed by atoms with E-state index in [1.807, 2.05) is 13.0 Å². The topological polar surface area (TPSA) is 79.2 Å². The molecule has 0 aliphatic rings. The van der Waals surface area contributed by atoms with Crippen molar-refractivity contribution in [1.29, 1.82) is 5.26 Å². The highest BCUT2D eigenvalue weighted by atomic mass is 32.2. The molecule has 0 saturated heterocycles. The van der Waals surface area contributed by atoms with Gasteiger partial charge in [0.25, 0.3) is 10.0 Å². The first-order valence-corrected chi connectivity index (χ1v) is 8.04. The number of rotatable bonds is 4. The number of sulfonamides is 1. The molecule has 0 aliphatic carbocycles. The lowest BCUT2D eigenvalue weighted by Crippen LogP contribution is -2.15. The number of hydrogen-bond donors (Lipinski definition) is 1. The molecule has 0 amide bonds. The monoisotopic (exact) mass is 316 g/mol. The lowest BCUT2D eigenvalue weighted by molar-refractivity contribution is 0.402. The Hall–Kier alpha value is -2.52. The number of benzene rings is 2. The Labute approximate surface area is 130 Å². The lowest BCUT2D eigenvalue weighted by atomic mass is 10.1. The van der Waals surface area contributed by atoms with Crippen LogP contribution in [0.4, 0.5) is 5.69 Å². The van der Waals surface area contributed by atoms with Gasteiger partial charge in [0.1, 0.15) is 10.6 Å². The number of nitrogens with one attached hydrogen (secondary N) is 1. The van der Waals surface area contributed by atoms with Gasteiger partial charge in [-0.05, 0) is 55.3 Å². The Morgan fingerprint density at radius 1 is 1.14 bits per heavy atom. The fourth-order valence-electron chi connectivity index (χ4n) is 2.23. The largest absolute Gasteiger partial charge is 0.495 e. The van der Waals surface area contributed by atoms with E-state index in [4.69, 9.17) is 10.00 Å². The zero-order valence-electron chi connectivity index (χ0n) is 12.5. The number of nitriles is 1. The fourth-order valence-corrected chi connectivity index (χ4v) is 3.67. The van der Waals surface area contributed by atoms with Gasteiger partial charge in [0.15, 0.2) is 0 Å². The molecule has 0 aromatic heterocycles. The first-order valence-electron chi connectivity index (χ1n) is 6.55. The molecule has 0 saturated carbocycles. The smallest absolute Gasteiger partial charge is 0.265 e. The van der Waals surface area contributed by atoms with Crippen LogP contribution in [-0.4, -0.2) is 15.5 Å². The van der Waals surface area contributed by atoms with Crippen LogP contribution >= 0.6 is 0 Å². The molecule has 22 heavy (non-hydrogen) atoms. The number of hydrogen-bond acceptors (Lipinski definition) is 4. The summed E-state index contributed by atoms with van der Waals surface area (Å²) in [5.74, 6) is 0.304.